The van der Waals surface area contributed by atoms with Gasteiger partial charge in [-0.05, 0) is 12.8 Å². The molecule has 7 heteroatoms. The molecule has 19 heavy (non-hydrogen) atoms. The Labute approximate surface area is 110 Å². The Balaban J connectivity index is 2.18. The molecule has 0 fully saturated rings. The fraction of sp³-hybridized carbons (Fsp3) is 0.500. The normalized spacial score (nSPS) is 9.95. The summed E-state index contributed by atoms with van der Waals surface area (Å²) in [6, 6.07) is 0. The highest BCUT2D eigenvalue weighted by Gasteiger charge is 2.07. The number of ketones is 1. The third kappa shape index (κ3) is 5.80. The number of amides is 1. The van der Waals surface area contributed by atoms with Crippen molar-refractivity contribution in [1.82, 2.24) is 15.3 Å². The van der Waals surface area contributed by atoms with Crippen LogP contribution in [0.2, 0.25) is 0 Å². The van der Waals surface area contributed by atoms with E-state index < -0.39 is 0 Å². The first-order valence-corrected chi connectivity index (χ1v) is 6.01. The number of rotatable bonds is 9. The molecule has 1 aromatic heterocycles. The van der Waals surface area contributed by atoms with Crippen molar-refractivity contribution >= 4 is 18.2 Å². The Kier molecular flexibility index (Phi) is 6.28. The van der Waals surface area contributed by atoms with Crippen LogP contribution in [0.15, 0.2) is 6.20 Å². The maximum atomic E-state index is 11.4. The van der Waals surface area contributed by atoms with Gasteiger partial charge in [0.1, 0.15) is 6.61 Å². The van der Waals surface area contributed by atoms with Gasteiger partial charge < -0.3 is 15.0 Å². The summed E-state index contributed by atoms with van der Waals surface area (Å²) >= 11 is 0. The molecule has 0 bridgehead atoms. The predicted molar refractivity (Wildman–Crippen MR) is 66.3 cm³/mol. The van der Waals surface area contributed by atoms with E-state index in [4.69, 9.17) is 4.74 Å². The number of nitrogens with one attached hydrogen (secondary N) is 2. The number of Topliss-reactive ketones (excluding diaryl/α,β-unsaturated/α-hetero) is 1. The fourth-order valence-corrected chi connectivity index (χ4v) is 1.40. The van der Waals surface area contributed by atoms with Crippen LogP contribution in [0.25, 0.3) is 0 Å². The summed E-state index contributed by atoms with van der Waals surface area (Å²) in [4.78, 5) is 39.0. The molecule has 0 saturated carbocycles. The molecule has 0 aromatic carbocycles. The van der Waals surface area contributed by atoms with E-state index in [1.807, 2.05) is 0 Å². The van der Waals surface area contributed by atoms with Crippen molar-refractivity contribution in [3.8, 4) is 0 Å². The maximum absolute atomic E-state index is 11.4. The summed E-state index contributed by atoms with van der Waals surface area (Å²) < 4.78 is 5.02. The number of carbonyl (C=O) groups excluding carboxylic acids is 3. The number of aromatic amines is 1. The Morgan fingerprint density at radius 3 is 2.89 bits per heavy atom. The summed E-state index contributed by atoms with van der Waals surface area (Å²) in [7, 11) is 0. The zero-order chi connectivity index (χ0) is 14.1. The lowest BCUT2D eigenvalue weighted by Gasteiger charge is -2.03. The summed E-state index contributed by atoms with van der Waals surface area (Å²) in [5, 5.41) is 2.52. The van der Waals surface area contributed by atoms with Crippen LogP contribution in [0.1, 0.15) is 42.5 Å². The zero-order valence-corrected chi connectivity index (χ0v) is 10.8. The van der Waals surface area contributed by atoms with Crippen LogP contribution in [0.3, 0.4) is 0 Å². The Hall–Kier alpha value is -2.18. The Bertz CT molecular complexity index is 442. The van der Waals surface area contributed by atoms with E-state index in [1.165, 1.54) is 13.1 Å². The minimum absolute atomic E-state index is 0.0751. The van der Waals surface area contributed by atoms with Crippen molar-refractivity contribution < 1.29 is 19.1 Å². The number of carbonyl (C=O) groups is 3. The van der Waals surface area contributed by atoms with Crippen molar-refractivity contribution in [1.29, 1.82) is 0 Å². The van der Waals surface area contributed by atoms with E-state index in [-0.39, 0.29) is 24.2 Å². The highest BCUT2D eigenvalue weighted by atomic mass is 16.5. The molecule has 0 aliphatic heterocycles. The van der Waals surface area contributed by atoms with Crippen LogP contribution < -0.4 is 5.32 Å². The summed E-state index contributed by atoms with van der Waals surface area (Å²) in [6.07, 6.45) is 3.78. The van der Waals surface area contributed by atoms with Crippen molar-refractivity contribution in [2.24, 2.45) is 0 Å². The second kappa shape index (κ2) is 8.02. The van der Waals surface area contributed by atoms with Gasteiger partial charge in [-0.25, -0.2) is 4.98 Å². The van der Waals surface area contributed by atoms with Gasteiger partial charge in [-0.3, -0.25) is 14.4 Å². The van der Waals surface area contributed by atoms with Gasteiger partial charge in [0.05, 0.1) is 11.9 Å². The first-order valence-electron chi connectivity index (χ1n) is 6.01. The van der Waals surface area contributed by atoms with Crippen molar-refractivity contribution in [2.45, 2.75) is 32.8 Å². The van der Waals surface area contributed by atoms with E-state index >= 15 is 0 Å². The van der Waals surface area contributed by atoms with Gasteiger partial charge in [0.15, 0.2) is 11.6 Å². The zero-order valence-electron chi connectivity index (χ0n) is 10.8. The van der Waals surface area contributed by atoms with Crippen LogP contribution in [-0.4, -0.2) is 34.7 Å². The summed E-state index contributed by atoms with van der Waals surface area (Å²) in [6.45, 7) is 2.03. The molecular weight excluding hydrogens is 250 g/mol. The van der Waals surface area contributed by atoms with Gasteiger partial charge in [0, 0.05) is 19.9 Å². The van der Waals surface area contributed by atoms with Crippen LogP contribution in [0.5, 0.6) is 0 Å². The second-order valence-corrected chi connectivity index (χ2v) is 4.00. The third-order valence-corrected chi connectivity index (χ3v) is 2.39. The predicted octanol–water partition coefficient (Wildman–Crippen LogP) is 0.572. The van der Waals surface area contributed by atoms with Gasteiger partial charge in [0.2, 0.25) is 6.41 Å². The second-order valence-electron chi connectivity index (χ2n) is 4.00. The highest BCUT2D eigenvalue weighted by molar-refractivity contribution is 5.90. The van der Waals surface area contributed by atoms with E-state index in [0.717, 1.165) is 6.42 Å². The molecule has 0 spiro atoms. The van der Waals surface area contributed by atoms with Crippen LogP contribution >= 0.6 is 0 Å². The lowest BCUT2D eigenvalue weighted by Crippen LogP contribution is -2.12. The maximum Gasteiger partial charge on any atom is 0.306 e. The van der Waals surface area contributed by atoms with Crippen LogP contribution in [0.4, 0.5) is 0 Å². The standard InChI is InChI=1S/C12H17N3O4/c1-9(17)12-14-6-10(15-12)7-19-11(18)4-2-3-5-13-8-16/h6,8H,2-5,7H2,1H3,(H,13,16)(H,14,15). The van der Waals surface area contributed by atoms with E-state index in [0.29, 0.717) is 31.5 Å². The molecular formula is C12H17N3O4. The molecule has 1 rings (SSSR count). The average molecular weight is 267 g/mol. The van der Waals surface area contributed by atoms with Crippen LogP contribution in [0, 0.1) is 0 Å². The highest BCUT2D eigenvalue weighted by Crippen LogP contribution is 2.03. The number of H-pyrrole nitrogens is 1. The van der Waals surface area contributed by atoms with Gasteiger partial charge in [-0.2, -0.15) is 0 Å². The molecule has 0 radical (unpaired) electrons. The van der Waals surface area contributed by atoms with E-state index in [2.05, 4.69) is 15.3 Å². The minimum atomic E-state index is -0.315. The van der Waals surface area contributed by atoms with Crippen molar-refractivity contribution in [2.75, 3.05) is 6.54 Å². The van der Waals surface area contributed by atoms with Crippen molar-refractivity contribution in [3.63, 3.8) is 0 Å². The fourth-order valence-electron chi connectivity index (χ4n) is 1.40. The number of ether oxygens (including phenoxy) is 1. The third-order valence-electron chi connectivity index (χ3n) is 2.39. The van der Waals surface area contributed by atoms with Crippen molar-refractivity contribution in [3.05, 3.63) is 17.7 Å². The lowest BCUT2D eigenvalue weighted by atomic mass is 10.2. The van der Waals surface area contributed by atoms with Gasteiger partial charge in [-0.15, -0.1) is 0 Å². The molecule has 0 unspecified atom stereocenters. The quantitative estimate of drug-likeness (QED) is 0.295. The van der Waals surface area contributed by atoms with E-state index in [1.54, 1.807) is 0 Å². The number of aromatic nitrogens is 2. The average Bonchev–Trinajstić information content (AvgIpc) is 2.85. The van der Waals surface area contributed by atoms with Gasteiger partial charge in [-0.1, -0.05) is 0 Å². The number of esters is 1. The minimum Gasteiger partial charge on any atom is -0.459 e. The smallest absolute Gasteiger partial charge is 0.306 e. The molecule has 0 saturated heterocycles. The molecule has 1 heterocycles. The monoisotopic (exact) mass is 267 g/mol. The molecule has 1 amide bonds. The first kappa shape index (κ1) is 14.9. The SMILES string of the molecule is CC(=O)c1ncc(COC(=O)CCCCNC=O)[nH]1. The molecule has 2 N–H and O–H groups in total. The first-order chi connectivity index (χ1) is 9.13. The largest absolute Gasteiger partial charge is 0.459 e. The number of nitrogens with zero attached hydrogens (tertiary/aromatic N) is 1. The number of unbranched alkanes of at least 4 members (excludes halogenated alkanes) is 1. The number of imidazole rings is 1. The van der Waals surface area contributed by atoms with Crippen LogP contribution in [-0.2, 0) is 20.9 Å². The summed E-state index contributed by atoms with van der Waals surface area (Å²) in [5.41, 5.74) is 0.584. The lowest BCUT2D eigenvalue weighted by molar-refractivity contribution is -0.145. The molecule has 0 atom stereocenters. The molecule has 7 nitrogen and oxygen atoms in total. The Morgan fingerprint density at radius 1 is 1.47 bits per heavy atom. The number of hydrogen-bond donors (Lipinski definition) is 2. The topological polar surface area (TPSA) is 101 Å². The van der Waals surface area contributed by atoms with Gasteiger partial charge in [0.25, 0.3) is 0 Å². The van der Waals surface area contributed by atoms with Gasteiger partial charge >= 0.3 is 5.97 Å². The molecule has 104 valence electrons. The number of hydrogen-bond acceptors (Lipinski definition) is 5. The molecule has 1 aromatic rings. The summed E-state index contributed by atoms with van der Waals surface area (Å²) in [5.74, 6) is -0.226. The van der Waals surface area contributed by atoms with E-state index in [9.17, 15) is 14.4 Å². The Morgan fingerprint density at radius 2 is 2.26 bits per heavy atom. The molecule has 0 aliphatic rings. The molecule has 0 aliphatic carbocycles.